The molecule has 30 heavy (non-hydrogen) atoms. The molecule has 2 aromatic heterocycles. The molecule has 0 bridgehead atoms. The number of anilines is 1. The van der Waals surface area contributed by atoms with Gasteiger partial charge in [-0.3, -0.25) is 9.36 Å². The molecule has 4 rings (SSSR count). The van der Waals surface area contributed by atoms with Crippen molar-refractivity contribution in [3.05, 3.63) is 78.3 Å². The van der Waals surface area contributed by atoms with Crippen molar-refractivity contribution in [2.45, 2.75) is 12.1 Å². The van der Waals surface area contributed by atoms with Gasteiger partial charge < -0.3 is 9.73 Å². The maximum atomic E-state index is 13.8. The van der Waals surface area contributed by atoms with Gasteiger partial charge in [0.25, 0.3) is 0 Å². The molecule has 2 aromatic carbocycles. The standard InChI is InChI=1S/C21H16F2N4O2S/c1-13-16(9-10-29-13)20-25-26-21(27(20)15-5-3-2-4-6-15)30-12-19(28)24-18-11-14(22)7-8-17(18)23/h2-11H,12H2,1H3,(H,24,28). The molecule has 0 aliphatic heterocycles. The average Bonchev–Trinajstić information content (AvgIpc) is 3.35. The van der Waals surface area contributed by atoms with Gasteiger partial charge in [0.1, 0.15) is 17.4 Å². The number of carbonyl (C=O) groups is 1. The lowest BCUT2D eigenvalue weighted by Crippen LogP contribution is -2.15. The molecule has 0 aliphatic carbocycles. The van der Waals surface area contributed by atoms with Crippen LogP contribution < -0.4 is 5.32 Å². The quantitative estimate of drug-likeness (QED) is 0.447. The maximum Gasteiger partial charge on any atom is 0.234 e. The van der Waals surface area contributed by atoms with Gasteiger partial charge in [-0.05, 0) is 37.3 Å². The highest BCUT2D eigenvalue weighted by Crippen LogP contribution is 2.30. The van der Waals surface area contributed by atoms with E-state index in [9.17, 15) is 13.6 Å². The lowest BCUT2D eigenvalue weighted by Gasteiger charge is -2.10. The van der Waals surface area contributed by atoms with E-state index in [1.807, 2.05) is 41.8 Å². The van der Waals surface area contributed by atoms with Crippen LogP contribution in [0.5, 0.6) is 0 Å². The van der Waals surface area contributed by atoms with Crippen molar-refractivity contribution >= 4 is 23.4 Å². The molecule has 152 valence electrons. The normalized spacial score (nSPS) is 10.9. The molecule has 4 aromatic rings. The third kappa shape index (κ3) is 4.11. The Morgan fingerprint density at radius 3 is 2.67 bits per heavy atom. The van der Waals surface area contributed by atoms with Crippen LogP contribution >= 0.6 is 11.8 Å². The number of para-hydroxylation sites is 1. The van der Waals surface area contributed by atoms with Crippen LogP contribution in [0.1, 0.15) is 5.76 Å². The zero-order valence-corrected chi connectivity index (χ0v) is 16.6. The van der Waals surface area contributed by atoms with Crippen molar-refractivity contribution < 1.29 is 18.0 Å². The molecular weight excluding hydrogens is 410 g/mol. The second kappa shape index (κ2) is 8.50. The van der Waals surface area contributed by atoms with Crippen LogP contribution in [0.15, 0.2) is 70.4 Å². The number of thioether (sulfide) groups is 1. The third-order valence-electron chi connectivity index (χ3n) is 4.28. The predicted octanol–water partition coefficient (Wildman–Crippen LogP) is 4.84. The van der Waals surface area contributed by atoms with Crippen molar-refractivity contribution in [2.24, 2.45) is 0 Å². The molecule has 0 fully saturated rings. The number of amides is 1. The van der Waals surface area contributed by atoms with E-state index in [1.54, 1.807) is 12.3 Å². The van der Waals surface area contributed by atoms with Gasteiger partial charge >= 0.3 is 0 Å². The SMILES string of the molecule is Cc1occc1-c1nnc(SCC(=O)Nc2cc(F)ccc2F)n1-c1ccccc1. The van der Waals surface area contributed by atoms with Gasteiger partial charge in [-0.15, -0.1) is 10.2 Å². The Bertz CT molecular complexity index is 1190. The smallest absolute Gasteiger partial charge is 0.234 e. The van der Waals surface area contributed by atoms with Gasteiger partial charge in [0.15, 0.2) is 11.0 Å². The van der Waals surface area contributed by atoms with Crippen LogP contribution in [0.2, 0.25) is 0 Å². The number of aryl methyl sites for hydroxylation is 1. The molecule has 9 heteroatoms. The molecule has 0 spiro atoms. The number of hydrogen-bond donors (Lipinski definition) is 1. The summed E-state index contributed by atoms with van der Waals surface area (Å²) in [4.78, 5) is 12.3. The average molecular weight is 426 g/mol. The topological polar surface area (TPSA) is 72.9 Å². The van der Waals surface area contributed by atoms with Crippen LogP contribution in [0, 0.1) is 18.6 Å². The minimum Gasteiger partial charge on any atom is -0.469 e. The van der Waals surface area contributed by atoms with Crippen LogP contribution in [-0.4, -0.2) is 26.4 Å². The highest BCUT2D eigenvalue weighted by molar-refractivity contribution is 7.99. The van der Waals surface area contributed by atoms with Crippen LogP contribution in [-0.2, 0) is 4.79 Å². The number of aromatic nitrogens is 3. The fourth-order valence-corrected chi connectivity index (χ4v) is 3.63. The van der Waals surface area contributed by atoms with Crippen LogP contribution in [0.25, 0.3) is 17.1 Å². The second-order valence-electron chi connectivity index (χ2n) is 6.33. The Labute approximate surface area is 174 Å². The Hall–Kier alpha value is -3.46. The van der Waals surface area contributed by atoms with Crippen LogP contribution in [0.4, 0.5) is 14.5 Å². The van der Waals surface area contributed by atoms with E-state index in [-0.39, 0.29) is 11.4 Å². The zero-order chi connectivity index (χ0) is 21.1. The molecule has 0 aliphatic rings. The predicted molar refractivity (Wildman–Crippen MR) is 110 cm³/mol. The van der Waals surface area contributed by atoms with E-state index in [0.29, 0.717) is 16.7 Å². The van der Waals surface area contributed by atoms with Crippen molar-refractivity contribution in [3.8, 4) is 17.1 Å². The van der Waals surface area contributed by atoms with E-state index < -0.39 is 17.5 Å². The largest absolute Gasteiger partial charge is 0.469 e. The van der Waals surface area contributed by atoms with Crippen LogP contribution in [0.3, 0.4) is 0 Å². The highest BCUT2D eigenvalue weighted by atomic mass is 32.2. The summed E-state index contributed by atoms with van der Waals surface area (Å²) in [6.45, 7) is 1.83. The van der Waals surface area contributed by atoms with E-state index in [0.717, 1.165) is 41.2 Å². The van der Waals surface area contributed by atoms with Gasteiger partial charge in [0.05, 0.1) is 23.3 Å². The summed E-state index contributed by atoms with van der Waals surface area (Å²) in [5.74, 6) is -0.635. The van der Waals surface area contributed by atoms with Gasteiger partial charge in [0.2, 0.25) is 5.91 Å². The van der Waals surface area contributed by atoms with Gasteiger partial charge in [-0.25, -0.2) is 8.78 Å². The molecule has 0 saturated carbocycles. The summed E-state index contributed by atoms with van der Waals surface area (Å²) < 4.78 is 34.3. The van der Waals surface area contributed by atoms with E-state index >= 15 is 0 Å². The summed E-state index contributed by atoms with van der Waals surface area (Å²) in [5.41, 5.74) is 1.39. The Morgan fingerprint density at radius 2 is 1.93 bits per heavy atom. The van der Waals surface area contributed by atoms with Gasteiger partial charge in [-0.1, -0.05) is 30.0 Å². The molecule has 0 atom stereocenters. The number of rotatable bonds is 6. The molecular formula is C21H16F2N4O2S. The Morgan fingerprint density at radius 1 is 1.13 bits per heavy atom. The number of nitrogens with one attached hydrogen (secondary N) is 1. The summed E-state index contributed by atoms with van der Waals surface area (Å²) in [6, 6.07) is 14.1. The fourth-order valence-electron chi connectivity index (χ4n) is 2.87. The van der Waals surface area contributed by atoms with Crippen molar-refractivity contribution in [1.82, 2.24) is 14.8 Å². The lowest BCUT2D eigenvalue weighted by atomic mass is 10.2. The van der Waals surface area contributed by atoms with E-state index in [4.69, 9.17) is 4.42 Å². The molecule has 0 saturated heterocycles. The number of benzene rings is 2. The van der Waals surface area contributed by atoms with Gasteiger partial charge in [-0.2, -0.15) is 0 Å². The zero-order valence-electron chi connectivity index (χ0n) is 15.8. The first-order chi connectivity index (χ1) is 14.5. The molecule has 1 amide bonds. The maximum absolute atomic E-state index is 13.8. The first-order valence-corrected chi connectivity index (χ1v) is 9.94. The minimum absolute atomic E-state index is 0.0642. The first kappa shape index (κ1) is 19.8. The summed E-state index contributed by atoms with van der Waals surface area (Å²) in [5, 5.41) is 11.3. The van der Waals surface area contributed by atoms with E-state index in [2.05, 4.69) is 15.5 Å². The third-order valence-corrected chi connectivity index (χ3v) is 5.21. The Kier molecular flexibility index (Phi) is 5.62. The fraction of sp³-hybridized carbons (Fsp3) is 0.0952. The van der Waals surface area contributed by atoms with Crippen molar-refractivity contribution in [3.63, 3.8) is 0 Å². The number of hydrogen-bond acceptors (Lipinski definition) is 5. The monoisotopic (exact) mass is 426 g/mol. The molecule has 1 N–H and O–H groups in total. The minimum atomic E-state index is -0.708. The Balaban J connectivity index is 1.59. The van der Waals surface area contributed by atoms with E-state index in [1.165, 1.54) is 0 Å². The second-order valence-corrected chi connectivity index (χ2v) is 7.27. The summed E-state index contributed by atoms with van der Waals surface area (Å²) in [7, 11) is 0. The number of carbonyl (C=O) groups excluding carboxylic acids is 1. The summed E-state index contributed by atoms with van der Waals surface area (Å²) >= 11 is 1.13. The lowest BCUT2D eigenvalue weighted by molar-refractivity contribution is -0.113. The summed E-state index contributed by atoms with van der Waals surface area (Å²) in [6.07, 6.45) is 1.57. The van der Waals surface area contributed by atoms with Gasteiger partial charge in [0, 0.05) is 11.8 Å². The highest BCUT2D eigenvalue weighted by Gasteiger charge is 2.20. The number of nitrogens with zero attached hydrogens (tertiary/aromatic N) is 3. The molecule has 6 nitrogen and oxygen atoms in total. The number of halogens is 2. The molecule has 0 radical (unpaired) electrons. The van der Waals surface area contributed by atoms with Crippen molar-refractivity contribution in [2.75, 3.05) is 11.1 Å². The first-order valence-electron chi connectivity index (χ1n) is 8.96. The molecule has 2 heterocycles. The molecule has 0 unspecified atom stereocenters. The van der Waals surface area contributed by atoms with Crippen molar-refractivity contribution in [1.29, 1.82) is 0 Å². The number of furan rings is 1.